The van der Waals surface area contributed by atoms with Crippen LogP contribution in [0, 0.1) is 0 Å². The molecule has 0 unspecified atom stereocenters. The number of carbonyl (C=O) groups excluding carboxylic acids is 1. The first-order chi connectivity index (χ1) is 10.8. The monoisotopic (exact) mass is 338 g/mol. The van der Waals surface area contributed by atoms with E-state index in [0.717, 1.165) is 34.0 Å². The fraction of sp³-hybridized carbons (Fsp3) is 0.467. The van der Waals surface area contributed by atoms with E-state index in [1.807, 2.05) is 0 Å². The summed E-state index contributed by atoms with van der Waals surface area (Å²) in [6.07, 6.45) is 1.54. The van der Waals surface area contributed by atoms with Gasteiger partial charge < -0.3 is 10.0 Å². The van der Waals surface area contributed by atoms with Crippen LogP contribution in [0.25, 0.3) is 0 Å². The highest BCUT2D eigenvalue weighted by atomic mass is 32.2. The summed E-state index contributed by atoms with van der Waals surface area (Å²) in [5.41, 5.74) is 2.50. The quantitative estimate of drug-likeness (QED) is 0.849. The molecule has 1 aromatic carbocycles. The molecular weight excluding hydrogens is 320 g/mol. The maximum absolute atomic E-state index is 12.6. The summed E-state index contributed by atoms with van der Waals surface area (Å²) in [7, 11) is -2.39. The van der Waals surface area contributed by atoms with Crippen molar-refractivity contribution in [2.75, 3.05) is 25.0 Å². The molecule has 0 aromatic heterocycles. The maximum Gasteiger partial charge on any atom is 0.304 e. The zero-order valence-corrected chi connectivity index (χ0v) is 13.6. The first-order valence-electron chi connectivity index (χ1n) is 7.45. The molecule has 0 saturated carbocycles. The van der Waals surface area contributed by atoms with Crippen molar-refractivity contribution in [1.82, 2.24) is 4.31 Å². The Kier molecular flexibility index (Phi) is 3.89. The number of carboxylic acids is 1. The summed E-state index contributed by atoms with van der Waals surface area (Å²) in [6, 6.07) is 3.17. The lowest BCUT2D eigenvalue weighted by Crippen LogP contribution is -2.32. The van der Waals surface area contributed by atoms with Crippen LogP contribution in [-0.4, -0.2) is 49.8 Å². The lowest BCUT2D eigenvalue weighted by molar-refractivity contribution is -0.137. The molecule has 2 aliphatic rings. The van der Waals surface area contributed by atoms with Gasteiger partial charge in [0.25, 0.3) is 0 Å². The second-order valence-electron chi connectivity index (χ2n) is 5.89. The van der Waals surface area contributed by atoms with Gasteiger partial charge >= 0.3 is 5.97 Å². The molecule has 1 aromatic rings. The molecule has 7 nitrogen and oxygen atoms in total. The summed E-state index contributed by atoms with van der Waals surface area (Å²) >= 11 is 0. The van der Waals surface area contributed by atoms with E-state index in [0.29, 0.717) is 6.54 Å². The summed E-state index contributed by atoms with van der Waals surface area (Å²) in [5, 5.41) is 8.71. The van der Waals surface area contributed by atoms with Crippen LogP contribution in [0.2, 0.25) is 0 Å². The van der Waals surface area contributed by atoms with Crippen LogP contribution in [0.1, 0.15) is 24.0 Å². The van der Waals surface area contributed by atoms with Gasteiger partial charge in [0.2, 0.25) is 15.9 Å². The molecule has 0 fully saturated rings. The summed E-state index contributed by atoms with van der Waals surface area (Å²) < 4.78 is 26.3. The number of carboxylic acid groups (broad SMARTS) is 1. The number of anilines is 1. The van der Waals surface area contributed by atoms with Gasteiger partial charge in [-0.15, -0.1) is 0 Å². The van der Waals surface area contributed by atoms with Crippen molar-refractivity contribution in [3.05, 3.63) is 23.3 Å². The number of aliphatic carboxylic acids is 1. The van der Waals surface area contributed by atoms with E-state index in [4.69, 9.17) is 5.11 Å². The SMILES string of the molecule is CN(CCC(=O)O)S(=O)(=O)c1cc2c3c(c1)CC(=O)N3CCC2. The zero-order chi connectivity index (χ0) is 16.8. The van der Waals surface area contributed by atoms with Crippen LogP contribution in [0.3, 0.4) is 0 Å². The van der Waals surface area contributed by atoms with Gasteiger partial charge in [-0.3, -0.25) is 9.59 Å². The number of hydrogen-bond donors (Lipinski definition) is 1. The van der Waals surface area contributed by atoms with Gasteiger partial charge in [0.05, 0.1) is 23.4 Å². The molecular formula is C15H18N2O5S. The molecule has 8 heteroatoms. The van der Waals surface area contributed by atoms with Crippen molar-refractivity contribution < 1.29 is 23.1 Å². The largest absolute Gasteiger partial charge is 0.481 e. The Labute approximate surface area is 134 Å². The maximum atomic E-state index is 12.6. The molecule has 0 bridgehead atoms. The number of carbonyl (C=O) groups is 2. The van der Waals surface area contributed by atoms with Crippen molar-refractivity contribution in [1.29, 1.82) is 0 Å². The van der Waals surface area contributed by atoms with Crippen LogP contribution in [-0.2, 0) is 32.5 Å². The van der Waals surface area contributed by atoms with Gasteiger partial charge in [-0.2, -0.15) is 0 Å². The Morgan fingerprint density at radius 1 is 1.35 bits per heavy atom. The average Bonchev–Trinajstić information content (AvgIpc) is 2.82. The van der Waals surface area contributed by atoms with E-state index in [1.165, 1.54) is 7.05 Å². The average molecular weight is 338 g/mol. The molecule has 0 atom stereocenters. The van der Waals surface area contributed by atoms with Crippen LogP contribution in [0.4, 0.5) is 5.69 Å². The molecule has 0 saturated heterocycles. The highest BCUT2D eigenvalue weighted by Crippen LogP contribution is 2.38. The second-order valence-corrected chi connectivity index (χ2v) is 7.93. The number of amides is 1. The number of hydrogen-bond acceptors (Lipinski definition) is 4. The molecule has 124 valence electrons. The van der Waals surface area contributed by atoms with Crippen molar-refractivity contribution >= 4 is 27.6 Å². The van der Waals surface area contributed by atoms with Crippen LogP contribution < -0.4 is 4.90 Å². The van der Waals surface area contributed by atoms with E-state index < -0.39 is 16.0 Å². The number of aryl methyl sites for hydroxylation is 1. The van der Waals surface area contributed by atoms with Gasteiger partial charge in [-0.05, 0) is 36.1 Å². The first kappa shape index (κ1) is 15.9. The van der Waals surface area contributed by atoms with Gasteiger partial charge in [-0.1, -0.05) is 0 Å². The second kappa shape index (κ2) is 5.61. The third-order valence-corrected chi connectivity index (χ3v) is 6.17. The fourth-order valence-corrected chi connectivity index (χ4v) is 4.42. The Morgan fingerprint density at radius 3 is 2.74 bits per heavy atom. The smallest absolute Gasteiger partial charge is 0.304 e. The summed E-state index contributed by atoms with van der Waals surface area (Å²) in [4.78, 5) is 24.5. The summed E-state index contributed by atoms with van der Waals surface area (Å²) in [5.74, 6) is -1.04. The van der Waals surface area contributed by atoms with E-state index in [-0.39, 0.29) is 30.2 Å². The number of sulfonamides is 1. The highest BCUT2D eigenvalue weighted by Gasteiger charge is 2.34. The molecule has 0 spiro atoms. The number of rotatable bonds is 5. The highest BCUT2D eigenvalue weighted by molar-refractivity contribution is 7.89. The van der Waals surface area contributed by atoms with Gasteiger partial charge in [0.1, 0.15) is 0 Å². The third kappa shape index (κ3) is 2.72. The van der Waals surface area contributed by atoms with Crippen LogP contribution in [0.15, 0.2) is 17.0 Å². The van der Waals surface area contributed by atoms with Crippen molar-refractivity contribution in [2.24, 2.45) is 0 Å². The standard InChI is InChI=1S/C15H18N2O5S/c1-16(6-4-14(19)20)23(21,22)12-7-10-3-2-5-17-13(18)9-11(8-12)15(10)17/h7-8H,2-6,9H2,1H3,(H,19,20). The van der Waals surface area contributed by atoms with E-state index in [9.17, 15) is 18.0 Å². The zero-order valence-electron chi connectivity index (χ0n) is 12.8. The lowest BCUT2D eigenvalue weighted by Gasteiger charge is -2.26. The minimum Gasteiger partial charge on any atom is -0.481 e. The number of nitrogens with zero attached hydrogens (tertiary/aromatic N) is 2. The van der Waals surface area contributed by atoms with Crippen LogP contribution >= 0.6 is 0 Å². The van der Waals surface area contributed by atoms with Crippen molar-refractivity contribution in [3.63, 3.8) is 0 Å². The predicted molar refractivity (Wildman–Crippen MR) is 82.9 cm³/mol. The third-order valence-electron chi connectivity index (χ3n) is 4.33. The normalized spacial score (nSPS) is 16.8. The van der Waals surface area contributed by atoms with Crippen LogP contribution in [0.5, 0.6) is 0 Å². The molecule has 2 aliphatic heterocycles. The molecule has 1 amide bonds. The van der Waals surface area contributed by atoms with E-state index >= 15 is 0 Å². The Balaban J connectivity index is 1.97. The predicted octanol–water partition coefficient (Wildman–Crippen LogP) is 0.617. The van der Waals surface area contributed by atoms with E-state index in [1.54, 1.807) is 17.0 Å². The van der Waals surface area contributed by atoms with Gasteiger partial charge in [0.15, 0.2) is 0 Å². The minimum absolute atomic E-state index is 0.00901. The van der Waals surface area contributed by atoms with Crippen molar-refractivity contribution in [3.8, 4) is 0 Å². The molecule has 1 N–H and O–H groups in total. The first-order valence-corrected chi connectivity index (χ1v) is 8.89. The van der Waals surface area contributed by atoms with Crippen molar-refractivity contribution in [2.45, 2.75) is 30.6 Å². The number of benzene rings is 1. The van der Waals surface area contributed by atoms with Gasteiger partial charge in [0, 0.05) is 20.1 Å². The summed E-state index contributed by atoms with van der Waals surface area (Å²) in [6.45, 7) is 0.596. The van der Waals surface area contributed by atoms with E-state index in [2.05, 4.69) is 0 Å². The minimum atomic E-state index is -3.76. The van der Waals surface area contributed by atoms with Gasteiger partial charge in [-0.25, -0.2) is 12.7 Å². The topological polar surface area (TPSA) is 95.0 Å². The Hall–Kier alpha value is -1.93. The molecule has 23 heavy (non-hydrogen) atoms. The fourth-order valence-electron chi connectivity index (χ4n) is 3.15. The molecule has 0 aliphatic carbocycles. The Bertz CT molecular complexity index is 787. The Morgan fingerprint density at radius 2 is 2.04 bits per heavy atom. The lowest BCUT2D eigenvalue weighted by atomic mass is 10.0. The molecule has 3 rings (SSSR count). The molecule has 0 radical (unpaired) electrons. The molecule has 2 heterocycles.